The first-order chi connectivity index (χ1) is 25.6. The van der Waals surface area contributed by atoms with E-state index in [1.165, 1.54) is 6.92 Å². The molecular weight excluding hydrogens is 666 g/mol. The Bertz CT molecular complexity index is 1730. The highest BCUT2D eigenvalue weighted by atomic mass is 16.7. The zero-order valence-electron chi connectivity index (χ0n) is 31.4. The molecule has 9 nitrogen and oxygen atoms in total. The van der Waals surface area contributed by atoms with E-state index in [4.69, 9.17) is 9.47 Å². The molecule has 1 saturated heterocycles. The Balaban J connectivity index is 1.25. The van der Waals surface area contributed by atoms with Crippen LogP contribution in [0.4, 0.5) is 0 Å². The van der Waals surface area contributed by atoms with Gasteiger partial charge in [-0.1, -0.05) is 110 Å². The number of unbranched alkanes of at least 4 members (excludes halogenated alkanes) is 2. The second-order valence-corrected chi connectivity index (χ2v) is 14.3. The molecule has 2 amide bonds. The number of hydrogen-bond donors (Lipinski definition) is 4. The molecular formula is C44H55N3O6. The van der Waals surface area contributed by atoms with Gasteiger partial charge in [0.25, 0.3) is 0 Å². The molecule has 53 heavy (non-hydrogen) atoms. The highest BCUT2D eigenvalue weighted by molar-refractivity contribution is 5.76. The number of aliphatic hydroxyl groups excluding tert-OH is 2. The number of rotatable bonds is 17. The molecule has 0 spiro atoms. The monoisotopic (exact) mass is 721 g/mol. The first kappa shape index (κ1) is 39.8. The second kappa shape index (κ2) is 19.6. The van der Waals surface area contributed by atoms with E-state index >= 15 is 0 Å². The van der Waals surface area contributed by atoms with Gasteiger partial charge < -0.3 is 30.3 Å². The number of carbonyl (C=O) groups is 2. The van der Waals surface area contributed by atoms with Crippen molar-refractivity contribution in [2.45, 2.75) is 90.2 Å². The number of nitrogens with zero attached hydrogens (tertiary/aromatic N) is 1. The summed E-state index contributed by atoms with van der Waals surface area (Å²) in [6.07, 6.45) is 1.32. The quantitative estimate of drug-likeness (QED) is 0.0867. The lowest BCUT2D eigenvalue weighted by atomic mass is 9.89. The van der Waals surface area contributed by atoms with Crippen LogP contribution in [0.15, 0.2) is 103 Å². The zero-order valence-corrected chi connectivity index (χ0v) is 31.4. The number of carbonyl (C=O) groups excluding carboxylic acids is 2. The summed E-state index contributed by atoms with van der Waals surface area (Å²) in [5, 5.41) is 26.6. The predicted molar refractivity (Wildman–Crippen MR) is 207 cm³/mol. The van der Waals surface area contributed by atoms with Crippen molar-refractivity contribution >= 4 is 11.8 Å². The summed E-state index contributed by atoms with van der Waals surface area (Å²) in [5.74, 6) is 0.00117. The largest absolute Gasteiger partial charge is 0.392 e. The van der Waals surface area contributed by atoms with Gasteiger partial charge in [-0.05, 0) is 66.3 Å². The number of aliphatic hydroxyl groups is 2. The lowest BCUT2D eigenvalue weighted by Crippen LogP contribution is -2.46. The highest BCUT2D eigenvalue weighted by Crippen LogP contribution is 2.42. The number of nitrogens with one attached hydrogen (secondary N) is 2. The van der Waals surface area contributed by atoms with Crippen molar-refractivity contribution in [3.8, 4) is 11.1 Å². The minimum atomic E-state index is -0.644. The van der Waals surface area contributed by atoms with Crippen LogP contribution in [0.1, 0.15) is 92.8 Å². The third-order valence-electron chi connectivity index (χ3n) is 10.3. The van der Waals surface area contributed by atoms with Crippen LogP contribution in [0, 0.1) is 5.92 Å². The average Bonchev–Trinajstić information content (AvgIpc) is 3.19. The van der Waals surface area contributed by atoms with E-state index in [1.807, 2.05) is 92.8 Å². The molecule has 9 heteroatoms. The molecule has 6 atom stereocenters. The van der Waals surface area contributed by atoms with E-state index in [9.17, 15) is 19.8 Å². The van der Waals surface area contributed by atoms with Crippen molar-refractivity contribution in [1.29, 1.82) is 0 Å². The van der Waals surface area contributed by atoms with Gasteiger partial charge in [-0.3, -0.25) is 14.5 Å². The van der Waals surface area contributed by atoms with Gasteiger partial charge in [0, 0.05) is 50.5 Å². The van der Waals surface area contributed by atoms with Gasteiger partial charge in [0.15, 0.2) is 6.29 Å². The fraction of sp³-hybridized carbons (Fsp3) is 0.409. The molecule has 1 aliphatic rings. The number of amides is 2. The summed E-state index contributed by atoms with van der Waals surface area (Å²) in [7, 11) is 2.02. The first-order valence-corrected chi connectivity index (χ1v) is 18.8. The van der Waals surface area contributed by atoms with E-state index in [2.05, 4.69) is 46.7 Å². The van der Waals surface area contributed by atoms with Crippen LogP contribution >= 0.6 is 0 Å². The molecule has 4 N–H and O–H groups in total. The van der Waals surface area contributed by atoms with Crippen LogP contribution in [0.25, 0.3) is 11.1 Å². The van der Waals surface area contributed by atoms with E-state index in [0.29, 0.717) is 26.1 Å². The molecule has 282 valence electrons. The van der Waals surface area contributed by atoms with Gasteiger partial charge in [0.05, 0.1) is 24.9 Å². The molecule has 4 aromatic rings. The molecule has 4 aromatic carbocycles. The number of hydrogen-bond acceptors (Lipinski definition) is 7. The minimum Gasteiger partial charge on any atom is -0.392 e. The van der Waals surface area contributed by atoms with Crippen molar-refractivity contribution in [1.82, 2.24) is 15.5 Å². The summed E-state index contributed by atoms with van der Waals surface area (Å²) in [6, 6.07) is 33.9. The average molecular weight is 722 g/mol. The van der Waals surface area contributed by atoms with E-state index < -0.39 is 12.4 Å². The summed E-state index contributed by atoms with van der Waals surface area (Å²) < 4.78 is 13.4. The standard InChI is InChI=1S/C44H55N3O6/c1-30-40(28-47(4)31(2)42(51)36-13-7-5-8-14-36)52-44(53-43(30)37-19-17-33(29-48)18-20-37)38-23-21-35(22-24-38)39-15-11-12-34(26-39)27-46-41(50)16-9-6-10-25-45-32(3)49/h5,7-8,11-15,17-24,26,30-31,40,42-44,48,51H,6,9-10,16,25,27-29H2,1-4H3,(H,45,49)(H,46,50). The van der Waals surface area contributed by atoms with Crippen molar-refractivity contribution in [2.75, 3.05) is 20.1 Å². The van der Waals surface area contributed by atoms with E-state index in [0.717, 1.165) is 58.2 Å². The smallest absolute Gasteiger partial charge is 0.220 e. The third-order valence-corrected chi connectivity index (χ3v) is 10.3. The van der Waals surface area contributed by atoms with E-state index in [1.54, 1.807) is 0 Å². The molecule has 6 unspecified atom stereocenters. The molecule has 0 radical (unpaired) electrons. The lowest BCUT2D eigenvalue weighted by Gasteiger charge is -2.43. The maximum Gasteiger partial charge on any atom is 0.220 e. The van der Waals surface area contributed by atoms with Crippen LogP contribution in [-0.2, 0) is 32.2 Å². The summed E-state index contributed by atoms with van der Waals surface area (Å²) in [5.41, 5.74) is 6.77. The number of ether oxygens (including phenoxy) is 2. The van der Waals surface area contributed by atoms with Gasteiger partial charge in [0.2, 0.25) is 11.8 Å². The van der Waals surface area contributed by atoms with Crippen molar-refractivity contribution in [3.63, 3.8) is 0 Å². The fourth-order valence-electron chi connectivity index (χ4n) is 6.78. The van der Waals surface area contributed by atoms with Gasteiger partial charge in [-0.25, -0.2) is 0 Å². The van der Waals surface area contributed by atoms with Crippen LogP contribution in [0.3, 0.4) is 0 Å². The van der Waals surface area contributed by atoms with E-state index in [-0.39, 0.29) is 42.6 Å². The molecule has 0 bridgehead atoms. The molecule has 0 saturated carbocycles. The summed E-state index contributed by atoms with van der Waals surface area (Å²) in [4.78, 5) is 25.6. The van der Waals surface area contributed by atoms with Crippen molar-refractivity contribution < 1.29 is 29.3 Å². The SMILES string of the molecule is CC(=O)NCCCCCC(=O)NCc1cccc(-c2ccc(C3OC(CN(C)C(C)C(O)c4ccccc4)C(C)C(c4ccc(CO)cc4)O3)cc2)c1. The Morgan fingerprint density at radius 1 is 0.811 bits per heavy atom. The summed E-state index contributed by atoms with van der Waals surface area (Å²) in [6.45, 7) is 7.36. The van der Waals surface area contributed by atoms with Crippen LogP contribution in [0.5, 0.6) is 0 Å². The zero-order chi connectivity index (χ0) is 37.7. The number of benzene rings is 4. The highest BCUT2D eigenvalue weighted by Gasteiger charge is 2.39. The van der Waals surface area contributed by atoms with Crippen molar-refractivity contribution in [2.24, 2.45) is 5.92 Å². The lowest BCUT2D eigenvalue weighted by molar-refractivity contribution is -0.276. The van der Waals surface area contributed by atoms with Crippen LogP contribution in [0.2, 0.25) is 0 Å². The Kier molecular flexibility index (Phi) is 14.7. The normalized spacial score (nSPS) is 19.8. The molecule has 1 heterocycles. The third kappa shape index (κ3) is 11.3. The van der Waals surface area contributed by atoms with Gasteiger partial charge in [-0.2, -0.15) is 0 Å². The summed E-state index contributed by atoms with van der Waals surface area (Å²) >= 11 is 0. The Labute approximate surface area is 314 Å². The first-order valence-electron chi connectivity index (χ1n) is 18.8. The Morgan fingerprint density at radius 3 is 2.23 bits per heavy atom. The Morgan fingerprint density at radius 2 is 1.53 bits per heavy atom. The van der Waals surface area contributed by atoms with Crippen LogP contribution < -0.4 is 10.6 Å². The number of likely N-dealkylation sites (N-methyl/N-ethyl adjacent to an activating group) is 1. The maximum atomic E-state index is 12.4. The van der Waals surface area contributed by atoms with Gasteiger partial charge in [-0.15, -0.1) is 0 Å². The molecule has 0 aromatic heterocycles. The Hall–Kier alpha value is -4.38. The fourth-order valence-corrected chi connectivity index (χ4v) is 6.78. The topological polar surface area (TPSA) is 120 Å². The minimum absolute atomic E-state index is 0.00675. The second-order valence-electron chi connectivity index (χ2n) is 14.3. The molecule has 1 fully saturated rings. The molecule has 1 aliphatic heterocycles. The van der Waals surface area contributed by atoms with Gasteiger partial charge >= 0.3 is 0 Å². The molecule has 5 rings (SSSR count). The van der Waals surface area contributed by atoms with Crippen molar-refractivity contribution in [3.05, 3.63) is 131 Å². The molecule has 0 aliphatic carbocycles. The van der Waals surface area contributed by atoms with Crippen LogP contribution in [-0.4, -0.2) is 59.2 Å². The maximum absolute atomic E-state index is 12.4. The van der Waals surface area contributed by atoms with Gasteiger partial charge in [0.1, 0.15) is 0 Å². The predicted octanol–water partition coefficient (Wildman–Crippen LogP) is 7.00.